The first-order chi connectivity index (χ1) is 8.99. The van der Waals surface area contributed by atoms with Crippen LogP contribution in [-0.4, -0.2) is 5.91 Å². The van der Waals surface area contributed by atoms with Gasteiger partial charge in [-0.15, -0.1) is 0 Å². The van der Waals surface area contributed by atoms with Crippen LogP contribution in [0.2, 0.25) is 5.02 Å². The van der Waals surface area contributed by atoms with Gasteiger partial charge in [-0.2, -0.15) is 0 Å². The first-order valence-corrected chi connectivity index (χ1v) is 6.28. The first-order valence-electron chi connectivity index (χ1n) is 5.90. The summed E-state index contributed by atoms with van der Waals surface area (Å²) < 4.78 is 5.46. The Hall–Kier alpha value is -1.94. The highest BCUT2D eigenvalue weighted by Crippen LogP contribution is 2.23. The smallest absolute Gasteiger partial charge is 0.254 e. The second-order valence-electron chi connectivity index (χ2n) is 4.34. The van der Waals surface area contributed by atoms with E-state index in [0.717, 1.165) is 5.76 Å². The minimum Gasteiger partial charge on any atom is -0.464 e. The maximum Gasteiger partial charge on any atom is 0.254 e. The molecule has 0 saturated heterocycles. The number of halogens is 1. The topological polar surface area (TPSA) is 68.3 Å². The average Bonchev–Trinajstić information content (AvgIpc) is 2.79. The molecule has 1 amide bonds. The Balaban J connectivity index is 2.15. The number of amides is 1. The van der Waals surface area contributed by atoms with Gasteiger partial charge in [0.05, 0.1) is 22.3 Å². The van der Waals surface area contributed by atoms with Gasteiger partial charge >= 0.3 is 0 Å². The summed E-state index contributed by atoms with van der Waals surface area (Å²) in [7, 11) is 0. The Labute approximate surface area is 116 Å². The Morgan fingerprint density at radius 3 is 2.74 bits per heavy atom. The minimum absolute atomic E-state index is 0.236. The van der Waals surface area contributed by atoms with Crippen LogP contribution >= 0.6 is 11.6 Å². The van der Waals surface area contributed by atoms with E-state index in [1.54, 1.807) is 18.2 Å². The minimum atomic E-state index is -0.276. The number of hydrogen-bond donors (Lipinski definition) is 2. The molecule has 0 aliphatic heterocycles. The number of benzene rings is 1. The zero-order valence-electron chi connectivity index (χ0n) is 10.7. The monoisotopic (exact) mass is 278 g/mol. The molecule has 1 aromatic carbocycles. The van der Waals surface area contributed by atoms with E-state index in [-0.39, 0.29) is 17.6 Å². The van der Waals surface area contributed by atoms with E-state index in [0.29, 0.717) is 16.3 Å². The molecule has 1 aromatic heterocycles. The van der Waals surface area contributed by atoms with Crippen LogP contribution in [0.3, 0.4) is 0 Å². The fourth-order valence-electron chi connectivity index (χ4n) is 1.77. The lowest BCUT2D eigenvalue weighted by molar-refractivity contribution is 0.0936. The predicted molar refractivity (Wildman–Crippen MR) is 75.2 cm³/mol. The van der Waals surface area contributed by atoms with Gasteiger partial charge in [-0.05, 0) is 38.1 Å². The first kappa shape index (κ1) is 13.5. The van der Waals surface area contributed by atoms with E-state index in [2.05, 4.69) is 5.32 Å². The lowest BCUT2D eigenvalue weighted by Crippen LogP contribution is -2.27. The van der Waals surface area contributed by atoms with Crippen LogP contribution in [-0.2, 0) is 0 Å². The number of nitrogens with one attached hydrogen (secondary N) is 1. The Morgan fingerprint density at radius 1 is 1.37 bits per heavy atom. The van der Waals surface area contributed by atoms with Gasteiger partial charge in [0.15, 0.2) is 0 Å². The van der Waals surface area contributed by atoms with E-state index in [4.69, 9.17) is 21.8 Å². The van der Waals surface area contributed by atoms with Crippen molar-refractivity contribution >= 4 is 23.2 Å². The lowest BCUT2D eigenvalue weighted by atomic mass is 10.1. The van der Waals surface area contributed by atoms with Crippen LogP contribution < -0.4 is 11.1 Å². The van der Waals surface area contributed by atoms with Crippen molar-refractivity contribution in [3.63, 3.8) is 0 Å². The van der Waals surface area contributed by atoms with Gasteiger partial charge in [-0.1, -0.05) is 17.7 Å². The van der Waals surface area contributed by atoms with Crippen LogP contribution in [0, 0.1) is 6.92 Å². The standard InChI is InChI=1S/C14H15ClN2O2/c1-8-6-7-12(19-8)9(2)17-14(18)10-4-3-5-11(15)13(10)16/h3-7,9H,16H2,1-2H3,(H,17,18). The highest BCUT2D eigenvalue weighted by Gasteiger charge is 2.16. The predicted octanol–water partition coefficient (Wildman–Crippen LogP) is 3.31. The number of hydrogen-bond acceptors (Lipinski definition) is 3. The second-order valence-corrected chi connectivity index (χ2v) is 4.75. The molecule has 19 heavy (non-hydrogen) atoms. The third kappa shape index (κ3) is 2.90. The number of carbonyl (C=O) groups is 1. The highest BCUT2D eigenvalue weighted by molar-refractivity contribution is 6.33. The van der Waals surface area contributed by atoms with Gasteiger partial charge in [0, 0.05) is 0 Å². The van der Waals surface area contributed by atoms with Crippen molar-refractivity contribution in [3.8, 4) is 0 Å². The van der Waals surface area contributed by atoms with Crippen molar-refractivity contribution in [2.24, 2.45) is 0 Å². The lowest BCUT2D eigenvalue weighted by Gasteiger charge is -2.13. The van der Waals surface area contributed by atoms with Gasteiger partial charge in [-0.3, -0.25) is 4.79 Å². The molecule has 4 nitrogen and oxygen atoms in total. The SMILES string of the molecule is Cc1ccc(C(C)NC(=O)c2cccc(Cl)c2N)o1. The normalized spacial score (nSPS) is 12.2. The van der Waals surface area contributed by atoms with Crippen molar-refractivity contribution in [1.82, 2.24) is 5.32 Å². The number of aryl methyl sites for hydroxylation is 1. The third-order valence-electron chi connectivity index (χ3n) is 2.83. The van der Waals surface area contributed by atoms with Crippen LogP contribution in [0.5, 0.6) is 0 Å². The fraction of sp³-hybridized carbons (Fsp3) is 0.214. The largest absolute Gasteiger partial charge is 0.464 e. The molecule has 0 fully saturated rings. The second kappa shape index (κ2) is 5.36. The van der Waals surface area contributed by atoms with Gasteiger partial charge in [0.1, 0.15) is 11.5 Å². The highest BCUT2D eigenvalue weighted by atomic mass is 35.5. The zero-order chi connectivity index (χ0) is 14.0. The molecular weight excluding hydrogens is 264 g/mol. The fourth-order valence-corrected chi connectivity index (χ4v) is 1.94. The summed E-state index contributed by atoms with van der Waals surface area (Å²) in [5.41, 5.74) is 6.43. The van der Waals surface area contributed by atoms with E-state index >= 15 is 0 Å². The third-order valence-corrected chi connectivity index (χ3v) is 3.16. The molecule has 3 N–H and O–H groups in total. The van der Waals surface area contributed by atoms with Crippen molar-refractivity contribution in [1.29, 1.82) is 0 Å². The molecule has 0 saturated carbocycles. The maximum absolute atomic E-state index is 12.1. The number of nitrogen functional groups attached to an aromatic ring is 1. The molecule has 1 unspecified atom stereocenters. The summed E-state index contributed by atoms with van der Waals surface area (Å²) in [5.74, 6) is 1.23. The van der Waals surface area contributed by atoms with E-state index in [9.17, 15) is 4.79 Å². The molecule has 0 bridgehead atoms. The number of para-hydroxylation sites is 1. The molecule has 0 radical (unpaired) electrons. The van der Waals surface area contributed by atoms with E-state index in [1.807, 2.05) is 26.0 Å². The van der Waals surface area contributed by atoms with Crippen molar-refractivity contribution < 1.29 is 9.21 Å². The van der Waals surface area contributed by atoms with E-state index < -0.39 is 0 Å². The molecule has 5 heteroatoms. The number of furan rings is 1. The molecule has 2 rings (SSSR count). The van der Waals surface area contributed by atoms with E-state index in [1.165, 1.54) is 0 Å². The Bertz CT molecular complexity index is 607. The summed E-state index contributed by atoms with van der Waals surface area (Å²) in [5, 5.41) is 3.19. The quantitative estimate of drug-likeness (QED) is 0.846. The molecule has 1 heterocycles. The maximum atomic E-state index is 12.1. The Morgan fingerprint density at radius 2 is 2.11 bits per heavy atom. The molecule has 1 atom stereocenters. The van der Waals surface area contributed by atoms with Gasteiger partial charge in [0.25, 0.3) is 5.91 Å². The van der Waals surface area contributed by atoms with Gasteiger partial charge < -0.3 is 15.5 Å². The number of carbonyl (C=O) groups excluding carboxylic acids is 1. The molecule has 0 aliphatic rings. The Kier molecular flexibility index (Phi) is 3.81. The van der Waals surface area contributed by atoms with Gasteiger partial charge in [0.2, 0.25) is 0 Å². The van der Waals surface area contributed by atoms with Crippen molar-refractivity contribution in [2.45, 2.75) is 19.9 Å². The van der Waals surface area contributed by atoms with Gasteiger partial charge in [-0.25, -0.2) is 0 Å². The molecule has 100 valence electrons. The summed E-state index contributed by atoms with van der Waals surface area (Å²) in [6.45, 7) is 3.70. The summed E-state index contributed by atoms with van der Waals surface area (Å²) >= 11 is 5.89. The molecule has 0 spiro atoms. The number of nitrogens with two attached hydrogens (primary N) is 1. The summed E-state index contributed by atoms with van der Waals surface area (Å²) in [6, 6.07) is 8.42. The van der Waals surface area contributed by atoms with Crippen LogP contribution in [0.1, 0.15) is 34.8 Å². The number of anilines is 1. The summed E-state index contributed by atoms with van der Waals surface area (Å²) in [6.07, 6.45) is 0. The van der Waals surface area contributed by atoms with Crippen LogP contribution in [0.15, 0.2) is 34.7 Å². The number of rotatable bonds is 3. The van der Waals surface area contributed by atoms with Crippen LogP contribution in [0.25, 0.3) is 0 Å². The molecule has 2 aromatic rings. The molecule has 0 aliphatic carbocycles. The molecular formula is C14H15ClN2O2. The summed E-state index contributed by atoms with van der Waals surface area (Å²) in [4.78, 5) is 12.1. The average molecular weight is 279 g/mol. The van der Waals surface area contributed by atoms with Crippen molar-refractivity contribution in [3.05, 3.63) is 52.4 Å². The van der Waals surface area contributed by atoms with Crippen LogP contribution in [0.4, 0.5) is 5.69 Å². The van der Waals surface area contributed by atoms with Crippen molar-refractivity contribution in [2.75, 3.05) is 5.73 Å². The zero-order valence-corrected chi connectivity index (χ0v) is 11.5.